The Balaban J connectivity index is 1.50. The Morgan fingerprint density at radius 2 is 1.86 bits per heavy atom. The molecule has 1 saturated carbocycles. The molecule has 142 valence electrons. The lowest BCUT2D eigenvalue weighted by Gasteiger charge is -2.12. The second kappa shape index (κ2) is 7.47. The second-order valence-corrected chi connectivity index (χ2v) is 7.54. The van der Waals surface area contributed by atoms with Crippen LogP contribution in [0.2, 0.25) is 0 Å². The second-order valence-electron chi connectivity index (χ2n) is 6.60. The van der Waals surface area contributed by atoms with E-state index in [2.05, 4.69) is 10.3 Å². The number of para-hydroxylation sites is 1. The number of nitrogens with zero attached hydrogens (tertiary/aromatic N) is 2. The van der Waals surface area contributed by atoms with E-state index in [9.17, 15) is 14.4 Å². The van der Waals surface area contributed by atoms with Crippen LogP contribution in [0, 0.1) is 0 Å². The van der Waals surface area contributed by atoms with Crippen LogP contribution in [-0.2, 0) is 4.79 Å². The molecule has 0 spiro atoms. The molecule has 2 aromatic carbocycles. The van der Waals surface area contributed by atoms with Gasteiger partial charge in [0.2, 0.25) is 11.8 Å². The van der Waals surface area contributed by atoms with Crippen LogP contribution in [-0.4, -0.2) is 27.1 Å². The summed E-state index contributed by atoms with van der Waals surface area (Å²) in [6.07, 6.45) is 1.90. The van der Waals surface area contributed by atoms with E-state index >= 15 is 0 Å². The van der Waals surface area contributed by atoms with Crippen molar-refractivity contribution in [2.24, 2.45) is 5.73 Å². The molecule has 1 aliphatic rings. The van der Waals surface area contributed by atoms with Gasteiger partial charge < -0.3 is 11.1 Å². The summed E-state index contributed by atoms with van der Waals surface area (Å²) in [5.41, 5.74) is 6.73. The summed E-state index contributed by atoms with van der Waals surface area (Å²) >= 11 is 1.25. The zero-order valence-electron chi connectivity index (χ0n) is 14.9. The van der Waals surface area contributed by atoms with E-state index in [0.29, 0.717) is 27.3 Å². The van der Waals surface area contributed by atoms with Crippen LogP contribution >= 0.6 is 11.8 Å². The highest BCUT2D eigenvalue weighted by atomic mass is 32.2. The van der Waals surface area contributed by atoms with Gasteiger partial charge in [0.15, 0.2) is 5.16 Å². The van der Waals surface area contributed by atoms with Crippen molar-refractivity contribution in [1.29, 1.82) is 0 Å². The molecule has 28 heavy (non-hydrogen) atoms. The Bertz CT molecular complexity index is 1120. The summed E-state index contributed by atoms with van der Waals surface area (Å²) in [5, 5.41) is 3.92. The lowest BCUT2D eigenvalue weighted by Crippen LogP contribution is -2.23. The van der Waals surface area contributed by atoms with Crippen molar-refractivity contribution in [1.82, 2.24) is 9.55 Å². The average molecular weight is 394 g/mol. The maximum atomic E-state index is 12.8. The summed E-state index contributed by atoms with van der Waals surface area (Å²) < 4.78 is 1.71. The van der Waals surface area contributed by atoms with Gasteiger partial charge >= 0.3 is 0 Å². The van der Waals surface area contributed by atoms with E-state index in [-0.39, 0.29) is 23.3 Å². The molecule has 1 aromatic heterocycles. The normalized spacial score (nSPS) is 13.4. The van der Waals surface area contributed by atoms with Crippen molar-refractivity contribution in [3.63, 3.8) is 0 Å². The number of primary amides is 1. The first-order valence-electron chi connectivity index (χ1n) is 8.87. The van der Waals surface area contributed by atoms with Crippen LogP contribution in [0.1, 0.15) is 29.2 Å². The number of carbonyl (C=O) groups is 2. The molecular weight excluding hydrogens is 376 g/mol. The first-order chi connectivity index (χ1) is 13.5. The number of amides is 2. The number of anilines is 1. The van der Waals surface area contributed by atoms with Crippen LogP contribution < -0.4 is 16.6 Å². The van der Waals surface area contributed by atoms with Gasteiger partial charge in [0, 0.05) is 17.3 Å². The molecule has 0 atom stereocenters. The summed E-state index contributed by atoms with van der Waals surface area (Å²) in [5.74, 6) is -0.620. The first kappa shape index (κ1) is 18.2. The summed E-state index contributed by atoms with van der Waals surface area (Å²) in [4.78, 5) is 40.8. The lowest BCUT2D eigenvalue weighted by atomic mass is 10.2. The molecular formula is C20H18N4O3S. The third-order valence-corrected chi connectivity index (χ3v) is 5.43. The number of hydrogen-bond acceptors (Lipinski definition) is 5. The maximum absolute atomic E-state index is 12.8. The van der Waals surface area contributed by atoms with Gasteiger partial charge in [0.25, 0.3) is 5.56 Å². The van der Waals surface area contributed by atoms with Crippen molar-refractivity contribution >= 4 is 40.2 Å². The van der Waals surface area contributed by atoms with Crippen molar-refractivity contribution in [2.75, 3.05) is 11.1 Å². The highest BCUT2D eigenvalue weighted by Crippen LogP contribution is 2.36. The van der Waals surface area contributed by atoms with Crippen LogP contribution in [0.25, 0.3) is 10.9 Å². The van der Waals surface area contributed by atoms with Gasteiger partial charge in [-0.2, -0.15) is 0 Å². The fourth-order valence-electron chi connectivity index (χ4n) is 2.93. The lowest BCUT2D eigenvalue weighted by molar-refractivity contribution is -0.113. The predicted octanol–water partition coefficient (Wildman–Crippen LogP) is 2.56. The van der Waals surface area contributed by atoms with E-state index in [1.54, 1.807) is 41.0 Å². The molecule has 2 amide bonds. The Morgan fingerprint density at radius 1 is 1.14 bits per heavy atom. The minimum absolute atomic E-state index is 0.0574. The van der Waals surface area contributed by atoms with Gasteiger partial charge in [-0.1, -0.05) is 23.9 Å². The van der Waals surface area contributed by atoms with E-state index in [0.717, 1.165) is 12.8 Å². The summed E-state index contributed by atoms with van der Waals surface area (Å²) in [6.45, 7) is 0. The number of carbonyl (C=O) groups excluding carboxylic acids is 2. The number of nitrogens with one attached hydrogen (secondary N) is 1. The number of aromatic nitrogens is 2. The van der Waals surface area contributed by atoms with E-state index in [1.165, 1.54) is 11.8 Å². The van der Waals surface area contributed by atoms with Gasteiger partial charge in [-0.3, -0.25) is 19.0 Å². The van der Waals surface area contributed by atoms with Crippen molar-refractivity contribution in [3.05, 3.63) is 64.4 Å². The van der Waals surface area contributed by atoms with Gasteiger partial charge in [-0.15, -0.1) is 0 Å². The summed E-state index contributed by atoms with van der Waals surface area (Å²) in [6, 6.07) is 13.8. The number of benzene rings is 2. The number of rotatable bonds is 6. The Morgan fingerprint density at radius 3 is 2.54 bits per heavy atom. The van der Waals surface area contributed by atoms with E-state index in [1.807, 2.05) is 12.1 Å². The number of nitrogens with two attached hydrogens (primary N) is 1. The largest absolute Gasteiger partial charge is 0.366 e. The van der Waals surface area contributed by atoms with Crippen molar-refractivity contribution in [3.8, 4) is 0 Å². The molecule has 0 aliphatic heterocycles. The molecule has 3 N–H and O–H groups in total. The molecule has 1 heterocycles. The molecule has 1 fully saturated rings. The third-order valence-electron chi connectivity index (χ3n) is 4.47. The molecule has 1 aliphatic carbocycles. The maximum Gasteiger partial charge on any atom is 0.262 e. The Kier molecular flexibility index (Phi) is 4.87. The zero-order chi connectivity index (χ0) is 19.7. The molecule has 3 aromatic rings. The number of hydrogen-bond donors (Lipinski definition) is 2. The van der Waals surface area contributed by atoms with E-state index in [4.69, 9.17) is 5.73 Å². The van der Waals surface area contributed by atoms with Crippen LogP contribution in [0.15, 0.2) is 58.5 Å². The topological polar surface area (TPSA) is 107 Å². The molecule has 4 rings (SSSR count). The fraction of sp³-hybridized carbons (Fsp3) is 0.200. The fourth-order valence-corrected chi connectivity index (χ4v) is 3.79. The Labute approximate surface area is 165 Å². The minimum Gasteiger partial charge on any atom is -0.366 e. The molecule has 0 saturated heterocycles. The predicted molar refractivity (Wildman–Crippen MR) is 109 cm³/mol. The molecule has 0 radical (unpaired) electrons. The minimum atomic E-state index is -0.520. The monoisotopic (exact) mass is 394 g/mol. The van der Waals surface area contributed by atoms with Crippen LogP contribution in [0.3, 0.4) is 0 Å². The molecule has 7 nitrogen and oxygen atoms in total. The first-order valence-corrected chi connectivity index (χ1v) is 9.85. The van der Waals surface area contributed by atoms with Crippen LogP contribution in [0.4, 0.5) is 5.69 Å². The molecule has 8 heteroatoms. The zero-order valence-corrected chi connectivity index (χ0v) is 15.7. The third kappa shape index (κ3) is 3.77. The van der Waals surface area contributed by atoms with Gasteiger partial charge in [0.1, 0.15) is 0 Å². The van der Waals surface area contributed by atoms with Crippen LogP contribution in [0.5, 0.6) is 0 Å². The molecule has 0 bridgehead atoms. The van der Waals surface area contributed by atoms with Gasteiger partial charge in [-0.25, -0.2) is 4.98 Å². The van der Waals surface area contributed by atoms with Crippen molar-refractivity contribution in [2.45, 2.75) is 24.0 Å². The number of thioether (sulfide) groups is 1. The van der Waals surface area contributed by atoms with Gasteiger partial charge in [-0.05, 0) is 49.2 Å². The highest BCUT2D eigenvalue weighted by molar-refractivity contribution is 7.99. The van der Waals surface area contributed by atoms with E-state index < -0.39 is 5.91 Å². The Hall–Kier alpha value is -3.13. The van der Waals surface area contributed by atoms with Crippen molar-refractivity contribution < 1.29 is 9.59 Å². The average Bonchev–Trinajstić information content (AvgIpc) is 3.52. The number of fused-ring (bicyclic) bond motifs is 1. The smallest absolute Gasteiger partial charge is 0.262 e. The standard InChI is InChI=1S/C20H18N4O3S/c21-18(26)12-5-7-13(8-6-12)22-17(25)11-28-20-23-16-4-2-1-3-15(16)19(27)24(20)14-9-10-14/h1-8,14H,9-11H2,(H2,21,26)(H,22,25). The quantitative estimate of drug-likeness (QED) is 0.494. The molecule has 0 unspecified atom stereocenters. The highest BCUT2D eigenvalue weighted by Gasteiger charge is 2.28. The van der Waals surface area contributed by atoms with Gasteiger partial charge in [0.05, 0.1) is 16.7 Å². The summed E-state index contributed by atoms with van der Waals surface area (Å²) in [7, 11) is 0. The SMILES string of the molecule is NC(=O)c1ccc(NC(=O)CSc2nc3ccccc3c(=O)n2C2CC2)cc1.